The number of likely N-dealkylation sites (tertiary alicyclic amines) is 1. The molecule has 0 bridgehead atoms. The van der Waals surface area contributed by atoms with Crippen molar-refractivity contribution in [3.8, 4) is 0 Å². The van der Waals surface area contributed by atoms with Gasteiger partial charge in [-0.3, -0.25) is 9.79 Å². The molecule has 1 amide bonds. The lowest BCUT2D eigenvalue weighted by Crippen LogP contribution is -2.51. The second-order valence-electron chi connectivity index (χ2n) is 6.48. The van der Waals surface area contributed by atoms with Gasteiger partial charge >= 0.3 is 0 Å². The van der Waals surface area contributed by atoms with Gasteiger partial charge in [0.15, 0.2) is 5.67 Å². The van der Waals surface area contributed by atoms with Gasteiger partial charge in [-0.25, -0.2) is 4.39 Å². The number of rotatable bonds is 2. The Kier molecular flexibility index (Phi) is 3.55. The first-order valence-electron chi connectivity index (χ1n) is 6.76. The Balaban J connectivity index is 2.04. The number of halogens is 1. The van der Waals surface area contributed by atoms with E-state index in [1.54, 1.807) is 0 Å². The van der Waals surface area contributed by atoms with Crippen LogP contribution in [-0.2, 0) is 4.79 Å². The van der Waals surface area contributed by atoms with E-state index in [0.29, 0.717) is 31.9 Å². The zero-order valence-electron chi connectivity index (χ0n) is 11.9. The number of hydrogen-bond acceptors (Lipinski definition) is 4. The maximum absolute atomic E-state index is 14.8. The van der Waals surface area contributed by atoms with Crippen LogP contribution in [0.25, 0.3) is 0 Å². The lowest BCUT2D eigenvalue weighted by molar-refractivity contribution is -0.134. The summed E-state index contributed by atoms with van der Waals surface area (Å²) < 4.78 is 14.8. The van der Waals surface area contributed by atoms with Gasteiger partial charge in [-0.1, -0.05) is 20.8 Å². The van der Waals surface area contributed by atoms with Crippen molar-refractivity contribution in [3.63, 3.8) is 0 Å². The van der Waals surface area contributed by atoms with Crippen molar-refractivity contribution in [2.75, 3.05) is 26.2 Å². The fourth-order valence-corrected chi connectivity index (χ4v) is 2.42. The Morgan fingerprint density at radius 1 is 1.58 bits per heavy atom. The largest absolute Gasteiger partial charge is 0.369 e. The number of carbonyl (C=O) groups excluding carboxylic acids is 1. The molecule has 6 heteroatoms. The van der Waals surface area contributed by atoms with Crippen LogP contribution in [-0.4, -0.2) is 54.5 Å². The molecule has 2 rings (SSSR count). The summed E-state index contributed by atoms with van der Waals surface area (Å²) in [5.41, 5.74) is 4.11. The number of nitrogens with zero attached hydrogens (tertiary/aromatic N) is 2. The second kappa shape index (κ2) is 4.74. The smallest absolute Gasteiger partial charge is 0.240 e. The van der Waals surface area contributed by atoms with Gasteiger partial charge in [0.1, 0.15) is 5.84 Å². The lowest BCUT2D eigenvalue weighted by atomic mass is 9.86. The second-order valence-corrected chi connectivity index (χ2v) is 6.48. The van der Waals surface area contributed by atoms with Crippen LogP contribution in [0.1, 0.15) is 27.2 Å². The maximum atomic E-state index is 14.8. The number of aliphatic imine (C=N–C) groups is 1. The number of nitrogens with one attached hydrogen (secondary N) is 1. The highest BCUT2D eigenvalue weighted by Crippen LogP contribution is 2.29. The fourth-order valence-electron chi connectivity index (χ4n) is 2.42. The molecule has 0 radical (unpaired) electrons. The molecule has 0 aliphatic carbocycles. The molecule has 5 nitrogen and oxygen atoms in total. The molecule has 2 aliphatic heterocycles. The van der Waals surface area contributed by atoms with Crippen molar-refractivity contribution < 1.29 is 9.18 Å². The van der Waals surface area contributed by atoms with E-state index in [1.807, 2.05) is 20.8 Å². The molecular weight excluding hydrogens is 247 g/mol. The summed E-state index contributed by atoms with van der Waals surface area (Å²) in [4.78, 5) is 17.9. The van der Waals surface area contributed by atoms with E-state index >= 15 is 0 Å². The highest BCUT2D eigenvalue weighted by molar-refractivity contribution is 5.93. The standard InChI is InChI=1S/C13H23FN4O/c1-12(2,3)9(15)10(19)18-7-4-13(14,8-18)11-16-5-6-17-11/h9H,4-8,15H2,1-3H3,(H,16,17)/t9-,13?/m0/s1. The molecular formula is C13H23FN4O. The van der Waals surface area contributed by atoms with Gasteiger partial charge in [-0.2, -0.15) is 0 Å². The van der Waals surface area contributed by atoms with E-state index in [0.717, 1.165) is 0 Å². The number of amidine groups is 1. The predicted octanol–water partition coefficient (Wildman–Crippen LogP) is 0.302. The molecule has 0 spiro atoms. The summed E-state index contributed by atoms with van der Waals surface area (Å²) in [6.07, 6.45) is 0.293. The molecule has 0 aromatic rings. The van der Waals surface area contributed by atoms with E-state index < -0.39 is 11.7 Å². The summed E-state index contributed by atoms with van der Waals surface area (Å²) in [6.45, 7) is 7.49. The summed E-state index contributed by atoms with van der Waals surface area (Å²) in [6, 6.07) is -0.603. The van der Waals surface area contributed by atoms with Gasteiger partial charge in [0, 0.05) is 19.5 Å². The van der Waals surface area contributed by atoms with Gasteiger partial charge in [-0.15, -0.1) is 0 Å². The van der Waals surface area contributed by atoms with E-state index in [9.17, 15) is 9.18 Å². The van der Waals surface area contributed by atoms with Crippen molar-refractivity contribution in [1.29, 1.82) is 0 Å². The third kappa shape index (κ3) is 2.73. The minimum absolute atomic E-state index is 0.0570. The Labute approximate surface area is 113 Å². The van der Waals surface area contributed by atoms with E-state index in [1.165, 1.54) is 4.90 Å². The van der Waals surface area contributed by atoms with Gasteiger partial charge in [0.25, 0.3) is 0 Å². The maximum Gasteiger partial charge on any atom is 0.240 e. The van der Waals surface area contributed by atoms with Gasteiger partial charge in [-0.05, 0) is 5.41 Å². The Morgan fingerprint density at radius 2 is 2.26 bits per heavy atom. The fraction of sp³-hybridized carbons (Fsp3) is 0.846. The van der Waals surface area contributed by atoms with Crippen LogP contribution in [0.2, 0.25) is 0 Å². The first kappa shape index (κ1) is 14.2. The van der Waals surface area contributed by atoms with Crippen LogP contribution in [0.3, 0.4) is 0 Å². The van der Waals surface area contributed by atoms with Crippen LogP contribution in [0.5, 0.6) is 0 Å². The molecule has 2 atom stereocenters. The van der Waals surface area contributed by atoms with Gasteiger partial charge in [0.2, 0.25) is 5.91 Å². The highest BCUT2D eigenvalue weighted by atomic mass is 19.1. The average Bonchev–Trinajstić information content (AvgIpc) is 2.95. The van der Waals surface area contributed by atoms with Crippen molar-refractivity contribution in [3.05, 3.63) is 0 Å². The molecule has 1 saturated heterocycles. The molecule has 0 aromatic heterocycles. The first-order valence-corrected chi connectivity index (χ1v) is 6.76. The molecule has 0 aromatic carbocycles. The molecule has 19 heavy (non-hydrogen) atoms. The summed E-state index contributed by atoms with van der Waals surface area (Å²) >= 11 is 0. The van der Waals surface area contributed by atoms with Crippen molar-refractivity contribution in [1.82, 2.24) is 10.2 Å². The van der Waals surface area contributed by atoms with Crippen molar-refractivity contribution >= 4 is 11.7 Å². The van der Waals surface area contributed by atoms with Crippen LogP contribution < -0.4 is 11.1 Å². The van der Waals surface area contributed by atoms with Crippen molar-refractivity contribution in [2.45, 2.75) is 38.9 Å². The number of amides is 1. The lowest BCUT2D eigenvalue weighted by Gasteiger charge is -2.30. The molecule has 1 fully saturated rings. The van der Waals surface area contributed by atoms with Gasteiger partial charge in [0.05, 0.1) is 19.1 Å². The number of carbonyl (C=O) groups is 1. The summed E-state index contributed by atoms with van der Waals surface area (Å²) in [7, 11) is 0. The number of nitrogens with two attached hydrogens (primary N) is 1. The molecule has 108 valence electrons. The Morgan fingerprint density at radius 3 is 2.79 bits per heavy atom. The van der Waals surface area contributed by atoms with Crippen LogP contribution in [0.4, 0.5) is 4.39 Å². The molecule has 0 saturated carbocycles. The molecule has 2 heterocycles. The highest BCUT2D eigenvalue weighted by Gasteiger charge is 2.47. The number of alkyl halides is 1. The molecule has 2 aliphatic rings. The van der Waals surface area contributed by atoms with Crippen molar-refractivity contribution in [2.24, 2.45) is 16.1 Å². The third-order valence-corrected chi connectivity index (χ3v) is 3.83. The van der Waals surface area contributed by atoms with E-state index in [4.69, 9.17) is 5.73 Å². The van der Waals surface area contributed by atoms with E-state index in [-0.39, 0.29) is 17.9 Å². The van der Waals surface area contributed by atoms with Gasteiger partial charge < -0.3 is 16.0 Å². The zero-order chi connectivity index (χ0) is 14.3. The van der Waals surface area contributed by atoms with E-state index in [2.05, 4.69) is 10.3 Å². The zero-order valence-corrected chi connectivity index (χ0v) is 11.9. The predicted molar refractivity (Wildman–Crippen MR) is 72.8 cm³/mol. The molecule has 3 N–H and O–H groups in total. The summed E-state index contributed by atoms with van der Waals surface area (Å²) in [5.74, 6) is 0.220. The number of hydrogen-bond donors (Lipinski definition) is 2. The van der Waals surface area contributed by atoms with Crippen LogP contribution >= 0.6 is 0 Å². The topological polar surface area (TPSA) is 70.7 Å². The Hall–Kier alpha value is -1.17. The molecule has 1 unspecified atom stereocenters. The monoisotopic (exact) mass is 270 g/mol. The third-order valence-electron chi connectivity index (χ3n) is 3.83. The van der Waals surface area contributed by atoms with Crippen LogP contribution in [0, 0.1) is 5.41 Å². The minimum Gasteiger partial charge on any atom is -0.369 e. The Bertz CT molecular complexity index is 404. The quantitative estimate of drug-likeness (QED) is 0.758. The normalized spacial score (nSPS) is 29.1. The average molecular weight is 270 g/mol. The minimum atomic E-state index is -1.52. The first-order chi connectivity index (χ1) is 8.74. The summed E-state index contributed by atoms with van der Waals surface area (Å²) in [5, 5.41) is 2.96. The van der Waals surface area contributed by atoms with Crippen LogP contribution in [0.15, 0.2) is 4.99 Å². The SMILES string of the molecule is CC(C)(C)[C@@H](N)C(=O)N1CCC(F)(C2=NCCN2)C1.